The third-order valence-corrected chi connectivity index (χ3v) is 7.46. The number of fused-ring (bicyclic) bond motifs is 2. The van der Waals surface area contributed by atoms with Gasteiger partial charge < -0.3 is 15.4 Å². The van der Waals surface area contributed by atoms with Crippen molar-refractivity contribution in [3.05, 3.63) is 87.9 Å². The molecule has 0 saturated carbocycles. The number of aliphatic hydroxyl groups excluding tert-OH is 1. The van der Waals surface area contributed by atoms with E-state index in [1.165, 1.54) is 0 Å². The van der Waals surface area contributed by atoms with Crippen LogP contribution < -0.4 is 5.32 Å². The van der Waals surface area contributed by atoms with E-state index in [0.717, 1.165) is 62.6 Å². The van der Waals surface area contributed by atoms with Gasteiger partial charge in [0.05, 0.1) is 22.7 Å². The number of para-hydroxylation sites is 1. The van der Waals surface area contributed by atoms with Crippen LogP contribution in [0.2, 0.25) is 0 Å². The summed E-state index contributed by atoms with van der Waals surface area (Å²) in [6, 6.07) is 11.3. The SMILES string of the molecule is Cc1cc(-c2cccc3c(C)c[nH]c23)c(C#Cc2cc(C(F)F)ccc2F)c2c1NC(C)(C)C(O)[C@H]2C. The summed E-state index contributed by atoms with van der Waals surface area (Å²) < 4.78 is 41.2. The first-order valence-corrected chi connectivity index (χ1v) is 12.3. The molecule has 0 bridgehead atoms. The first-order valence-electron chi connectivity index (χ1n) is 12.3. The van der Waals surface area contributed by atoms with Gasteiger partial charge in [0.2, 0.25) is 0 Å². The number of rotatable bonds is 2. The molecule has 2 heterocycles. The second-order valence-electron chi connectivity index (χ2n) is 10.5. The lowest BCUT2D eigenvalue weighted by Crippen LogP contribution is -2.50. The Balaban J connectivity index is 1.82. The number of H-pyrrole nitrogens is 1. The molecule has 1 aliphatic heterocycles. The van der Waals surface area contributed by atoms with Crippen LogP contribution in [0.15, 0.2) is 48.7 Å². The van der Waals surface area contributed by atoms with Gasteiger partial charge in [-0.05, 0) is 62.6 Å². The topological polar surface area (TPSA) is 48.0 Å². The minimum atomic E-state index is -2.72. The minimum Gasteiger partial charge on any atom is -0.390 e. The van der Waals surface area contributed by atoms with Crippen LogP contribution in [0, 0.1) is 31.5 Å². The van der Waals surface area contributed by atoms with E-state index in [2.05, 4.69) is 22.1 Å². The number of halogens is 3. The highest BCUT2D eigenvalue weighted by Crippen LogP contribution is 2.46. The number of benzene rings is 3. The molecule has 0 spiro atoms. The van der Waals surface area contributed by atoms with Crippen LogP contribution in [0.3, 0.4) is 0 Å². The van der Waals surface area contributed by atoms with Gasteiger partial charge in [0, 0.05) is 45.4 Å². The maximum Gasteiger partial charge on any atom is 0.263 e. The summed E-state index contributed by atoms with van der Waals surface area (Å²) in [5.74, 6) is 5.04. The fourth-order valence-corrected chi connectivity index (χ4v) is 5.41. The normalized spacial score (nSPS) is 18.3. The fourth-order valence-electron chi connectivity index (χ4n) is 5.41. The first-order chi connectivity index (χ1) is 17.5. The Hall–Kier alpha value is -3.69. The maximum absolute atomic E-state index is 14.6. The Morgan fingerprint density at radius 3 is 2.49 bits per heavy atom. The number of hydrogen-bond donors (Lipinski definition) is 3. The van der Waals surface area contributed by atoms with E-state index in [1.807, 2.05) is 65.1 Å². The van der Waals surface area contributed by atoms with Crippen molar-refractivity contribution in [2.75, 3.05) is 5.32 Å². The van der Waals surface area contributed by atoms with Gasteiger partial charge in [-0.1, -0.05) is 43.0 Å². The molecule has 0 fully saturated rings. The van der Waals surface area contributed by atoms with Crippen molar-refractivity contribution in [3.63, 3.8) is 0 Å². The quantitative estimate of drug-likeness (QED) is 0.247. The zero-order valence-corrected chi connectivity index (χ0v) is 21.4. The summed E-state index contributed by atoms with van der Waals surface area (Å²) in [4.78, 5) is 3.36. The van der Waals surface area contributed by atoms with Crippen molar-refractivity contribution in [2.24, 2.45) is 0 Å². The van der Waals surface area contributed by atoms with E-state index in [1.54, 1.807) is 0 Å². The number of alkyl halides is 2. The molecule has 0 aliphatic carbocycles. The molecule has 6 heteroatoms. The molecule has 3 aromatic carbocycles. The highest BCUT2D eigenvalue weighted by Gasteiger charge is 2.40. The summed E-state index contributed by atoms with van der Waals surface area (Å²) >= 11 is 0. The van der Waals surface area contributed by atoms with E-state index in [-0.39, 0.29) is 17.0 Å². The number of aliphatic hydroxyl groups is 1. The van der Waals surface area contributed by atoms with Crippen molar-refractivity contribution in [2.45, 2.75) is 58.6 Å². The highest BCUT2D eigenvalue weighted by molar-refractivity contribution is 5.98. The molecular formula is C31H29F3N2O. The number of anilines is 1. The maximum atomic E-state index is 14.6. The monoisotopic (exact) mass is 502 g/mol. The summed E-state index contributed by atoms with van der Waals surface area (Å²) in [6.07, 6.45) is -1.48. The van der Waals surface area contributed by atoms with Gasteiger partial charge in [-0.3, -0.25) is 0 Å². The number of aromatic amines is 1. The standard InChI is InChI=1S/C31H29F3N2O/c1-16-13-24(23-8-6-7-21-17(2)15-35-28(21)23)22(26-18(3)29(37)31(4,5)36-27(16)26)11-9-19-14-20(30(33)34)10-12-25(19)32/h6-8,10,12-15,18,29-30,35-37H,1-5H3/t18-,29?/m0/s1. The molecule has 1 aliphatic rings. The summed E-state index contributed by atoms with van der Waals surface area (Å²) in [5.41, 5.74) is 6.22. The minimum absolute atomic E-state index is 0.0932. The molecule has 3 nitrogen and oxygen atoms in total. The predicted molar refractivity (Wildman–Crippen MR) is 143 cm³/mol. The van der Waals surface area contributed by atoms with E-state index in [4.69, 9.17) is 0 Å². The molecule has 1 unspecified atom stereocenters. The molecule has 2 atom stereocenters. The lowest BCUT2D eigenvalue weighted by atomic mass is 9.75. The number of aromatic nitrogens is 1. The summed E-state index contributed by atoms with van der Waals surface area (Å²) in [6.45, 7) is 9.90. The number of nitrogens with one attached hydrogen (secondary N) is 2. The van der Waals surface area contributed by atoms with Crippen molar-refractivity contribution < 1.29 is 18.3 Å². The lowest BCUT2D eigenvalue weighted by molar-refractivity contribution is 0.0868. The Morgan fingerprint density at radius 2 is 1.76 bits per heavy atom. The molecule has 0 radical (unpaired) electrons. The average Bonchev–Trinajstić information content (AvgIpc) is 3.24. The van der Waals surface area contributed by atoms with Gasteiger partial charge >= 0.3 is 0 Å². The van der Waals surface area contributed by atoms with Crippen molar-refractivity contribution in [3.8, 4) is 23.0 Å². The second-order valence-corrected chi connectivity index (χ2v) is 10.5. The van der Waals surface area contributed by atoms with E-state index < -0.39 is 23.9 Å². The highest BCUT2D eigenvalue weighted by atomic mass is 19.3. The second kappa shape index (κ2) is 9.00. The van der Waals surface area contributed by atoms with E-state index in [0.29, 0.717) is 5.56 Å². The number of hydrogen-bond acceptors (Lipinski definition) is 2. The smallest absolute Gasteiger partial charge is 0.263 e. The molecule has 37 heavy (non-hydrogen) atoms. The molecule has 190 valence electrons. The third kappa shape index (κ3) is 4.18. The zero-order chi connectivity index (χ0) is 26.6. The third-order valence-electron chi connectivity index (χ3n) is 7.46. The molecule has 1 aromatic heterocycles. The molecule has 4 aromatic rings. The number of aryl methyl sites for hydroxylation is 2. The van der Waals surface area contributed by atoms with E-state index in [9.17, 15) is 18.3 Å². The van der Waals surface area contributed by atoms with Crippen LogP contribution in [-0.4, -0.2) is 21.7 Å². The average molecular weight is 503 g/mol. The Labute approximate surface area is 214 Å². The van der Waals surface area contributed by atoms with Gasteiger partial charge in [-0.25, -0.2) is 13.2 Å². The van der Waals surface area contributed by atoms with Crippen LogP contribution in [-0.2, 0) is 0 Å². The van der Waals surface area contributed by atoms with Crippen molar-refractivity contribution in [1.82, 2.24) is 4.98 Å². The summed E-state index contributed by atoms with van der Waals surface area (Å²) in [7, 11) is 0. The molecular weight excluding hydrogens is 473 g/mol. The summed E-state index contributed by atoms with van der Waals surface area (Å²) in [5, 5.41) is 15.7. The molecule has 0 amide bonds. The zero-order valence-electron chi connectivity index (χ0n) is 21.4. The largest absolute Gasteiger partial charge is 0.390 e. The first kappa shape index (κ1) is 25.0. The van der Waals surface area contributed by atoms with Gasteiger partial charge in [0.1, 0.15) is 5.82 Å². The molecule has 3 N–H and O–H groups in total. The Morgan fingerprint density at radius 1 is 1.00 bits per heavy atom. The predicted octanol–water partition coefficient (Wildman–Crippen LogP) is 7.60. The Kier molecular flexibility index (Phi) is 6.08. The molecule has 5 rings (SSSR count). The van der Waals surface area contributed by atoms with Crippen LogP contribution in [0.25, 0.3) is 22.0 Å². The van der Waals surface area contributed by atoms with Crippen molar-refractivity contribution >= 4 is 16.6 Å². The van der Waals surface area contributed by atoms with Gasteiger partial charge in [-0.15, -0.1) is 0 Å². The van der Waals surface area contributed by atoms with Crippen LogP contribution in [0.5, 0.6) is 0 Å². The van der Waals surface area contributed by atoms with Crippen LogP contribution in [0.1, 0.15) is 66.5 Å². The van der Waals surface area contributed by atoms with Crippen molar-refractivity contribution in [1.29, 1.82) is 0 Å². The lowest BCUT2D eigenvalue weighted by Gasteiger charge is -2.43. The van der Waals surface area contributed by atoms with Gasteiger partial charge in [-0.2, -0.15) is 0 Å². The van der Waals surface area contributed by atoms with Gasteiger partial charge in [0.25, 0.3) is 6.43 Å². The van der Waals surface area contributed by atoms with E-state index >= 15 is 0 Å². The van der Waals surface area contributed by atoms with Crippen LogP contribution in [0.4, 0.5) is 18.9 Å². The van der Waals surface area contributed by atoms with Crippen LogP contribution >= 0.6 is 0 Å². The van der Waals surface area contributed by atoms with Gasteiger partial charge in [0.15, 0.2) is 0 Å². The molecule has 0 saturated heterocycles. The Bertz CT molecular complexity index is 1590. The fraction of sp³-hybridized carbons (Fsp3) is 0.290.